The number of rotatable bonds is 2. The highest BCUT2D eigenvalue weighted by Crippen LogP contribution is 2.26. The second-order valence-corrected chi connectivity index (χ2v) is 4.25. The van der Waals surface area contributed by atoms with E-state index >= 15 is 0 Å². The summed E-state index contributed by atoms with van der Waals surface area (Å²) in [7, 11) is 0. The first-order valence-corrected chi connectivity index (χ1v) is 5.64. The number of likely N-dealkylation sites (tertiary alicyclic amines) is 1. The van der Waals surface area contributed by atoms with Crippen molar-refractivity contribution >= 4 is 11.9 Å². The minimum absolute atomic E-state index is 0.188. The van der Waals surface area contributed by atoms with Crippen molar-refractivity contribution in [3.05, 3.63) is 29.3 Å². The summed E-state index contributed by atoms with van der Waals surface area (Å²) >= 11 is 0. The number of carbonyl (C=O) groups is 2. The van der Waals surface area contributed by atoms with Crippen molar-refractivity contribution < 1.29 is 28.6 Å². The highest BCUT2D eigenvalue weighted by atomic mass is 19.1. The number of carbonyl (C=O) groups excluding carboxylic acids is 1. The number of hydrogen-bond donors (Lipinski definition) is 2. The van der Waals surface area contributed by atoms with Crippen LogP contribution in [-0.4, -0.2) is 39.6 Å². The van der Waals surface area contributed by atoms with Gasteiger partial charge in [-0.15, -0.1) is 0 Å². The van der Waals surface area contributed by atoms with Gasteiger partial charge in [-0.2, -0.15) is 0 Å². The molecule has 1 aromatic carbocycles. The van der Waals surface area contributed by atoms with Crippen molar-refractivity contribution in [3.63, 3.8) is 0 Å². The summed E-state index contributed by atoms with van der Waals surface area (Å²) in [6.45, 7) is 0.188. The number of phenols is 1. The molecule has 1 heterocycles. The van der Waals surface area contributed by atoms with Crippen molar-refractivity contribution in [2.24, 2.45) is 0 Å². The van der Waals surface area contributed by atoms with Crippen molar-refractivity contribution in [2.75, 3.05) is 6.54 Å². The van der Waals surface area contributed by atoms with Crippen molar-refractivity contribution in [2.45, 2.75) is 18.9 Å². The molecule has 0 saturated carbocycles. The average molecular weight is 271 g/mol. The monoisotopic (exact) mass is 271 g/mol. The highest BCUT2D eigenvalue weighted by molar-refractivity contribution is 5.97. The van der Waals surface area contributed by atoms with Gasteiger partial charge in [-0.25, -0.2) is 13.6 Å². The molecule has 0 bridgehead atoms. The number of benzene rings is 1. The van der Waals surface area contributed by atoms with Gasteiger partial charge in [0.15, 0.2) is 17.4 Å². The van der Waals surface area contributed by atoms with Gasteiger partial charge in [-0.05, 0) is 25.0 Å². The summed E-state index contributed by atoms with van der Waals surface area (Å²) in [6, 6.07) is 0.639. The molecule has 1 aliphatic rings. The van der Waals surface area contributed by atoms with E-state index in [0.717, 1.165) is 17.0 Å². The Morgan fingerprint density at radius 2 is 2.00 bits per heavy atom. The molecule has 0 radical (unpaired) electrons. The molecule has 2 N–H and O–H groups in total. The van der Waals surface area contributed by atoms with Crippen LogP contribution in [0.2, 0.25) is 0 Å². The minimum Gasteiger partial charge on any atom is -0.503 e. The van der Waals surface area contributed by atoms with Crippen LogP contribution in [-0.2, 0) is 4.79 Å². The van der Waals surface area contributed by atoms with Gasteiger partial charge in [0.05, 0.1) is 5.56 Å². The second-order valence-electron chi connectivity index (χ2n) is 4.25. The molecular formula is C12H11F2NO4. The molecule has 7 heteroatoms. The molecule has 0 aromatic heterocycles. The Hall–Kier alpha value is -2.18. The predicted molar refractivity (Wildman–Crippen MR) is 59.7 cm³/mol. The molecule has 0 unspecified atom stereocenters. The molecule has 102 valence electrons. The Bertz CT molecular complexity index is 547. The Balaban J connectivity index is 2.35. The van der Waals surface area contributed by atoms with E-state index in [9.17, 15) is 18.4 Å². The number of hydrogen-bond acceptors (Lipinski definition) is 3. The Kier molecular flexibility index (Phi) is 3.37. The lowest BCUT2D eigenvalue weighted by atomic mass is 10.1. The van der Waals surface area contributed by atoms with Crippen LogP contribution >= 0.6 is 0 Å². The molecule has 1 amide bonds. The largest absolute Gasteiger partial charge is 0.503 e. The lowest BCUT2D eigenvalue weighted by Gasteiger charge is -2.21. The van der Waals surface area contributed by atoms with Gasteiger partial charge in [-0.3, -0.25) is 4.79 Å². The number of aliphatic carboxylic acids is 1. The number of amides is 1. The van der Waals surface area contributed by atoms with Crippen LogP contribution in [0, 0.1) is 11.6 Å². The number of carboxylic acids is 1. The van der Waals surface area contributed by atoms with E-state index in [2.05, 4.69) is 0 Å². The van der Waals surface area contributed by atoms with Gasteiger partial charge in [0.1, 0.15) is 6.04 Å². The lowest BCUT2D eigenvalue weighted by Crippen LogP contribution is -2.40. The average Bonchev–Trinajstić information content (AvgIpc) is 2.84. The number of halogens is 2. The van der Waals surface area contributed by atoms with Crippen LogP contribution in [0.5, 0.6) is 5.75 Å². The maximum absolute atomic E-state index is 13.6. The molecule has 1 atom stereocenters. The molecule has 1 fully saturated rings. The van der Waals surface area contributed by atoms with Crippen molar-refractivity contribution in [1.29, 1.82) is 0 Å². The Morgan fingerprint density at radius 3 is 2.63 bits per heavy atom. The van der Waals surface area contributed by atoms with Gasteiger partial charge < -0.3 is 15.1 Å². The number of phenolic OH excluding ortho intramolecular Hbond substituents is 1. The zero-order chi connectivity index (χ0) is 14.2. The molecule has 1 aliphatic heterocycles. The van der Waals surface area contributed by atoms with E-state index in [0.29, 0.717) is 6.42 Å². The molecular weight excluding hydrogens is 260 g/mol. The van der Waals surface area contributed by atoms with Gasteiger partial charge in [0.2, 0.25) is 0 Å². The van der Waals surface area contributed by atoms with E-state index in [1.807, 2.05) is 0 Å². The SMILES string of the molecule is O=C(O)[C@H]1CCCN1C(=O)c1ccc(F)c(O)c1F. The number of carboxylic acid groups (broad SMARTS) is 1. The molecule has 0 aliphatic carbocycles. The summed E-state index contributed by atoms with van der Waals surface area (Å²) in [5.74, 6) is -5.82. The quantitative estimate of drug-likeness (QED) is 0.851. The first-order chi connectivity index (χ1) is 8.93. The molecule has 1 aromatic rings. The number of nitrogens with zero attached hydrogens (tertiary/aromatic N) is 1. The lowest BCUT2D eigenvalue weighted by molar-refractivity contribution is -0.141. The van der Waals surface area contributed by atoms with Crippen LogP contribution in [0.25, 0.3) is 0 Å². The van der Waals surface area contributed by atoms with Gasteiger partial charge in [0, 0.05) is 6.54 Å². The third-order valence-electron chi connectivity index (χ3n) is 3.10. The van der Waals surface area contributed by atoms with Crippen LogP contribution in [0.4, 0.5) is 8.78 Å². The van der Waals surface area contributed by atoms with E-state index in [-0.39, 0.29) is 13.0 Å². The third kappa shape index (κ3) is 2.23. The zero-order valence-corrected chi connectivity index (χ0v) is 9.77. The fraction of sp³-hybridized carbons (Fsp3) is 0.333. The highest BCUT2D eigenvalue weighted by Gasteiger charge is 2.35. The Morgan fingerprint density at radius 1 is 1.32 bits per heavy atom. The van der Waals surface area contributed by atoms with E-state index < -0.39 is 40.9 Å². The summed E-state index contributed by atoms with van der Waals surface area (Å²) in [5.41, 5.74) is -0.535. The minimum atomic E-state index is -1.37. The van der Waals surface area contributed by atoms with E-state index in [4.69, 9.17) is 10.2 Å². The summed E-state index contributed by atoms with van der Waals surface area (Å²) in [4.78, 5) is 24.0. The first kappa shape index (κ1) is 13.3. The third-order valence-corrected chi connectivity index (χ3v) is 3.10. The van der Waals surface area contributed by atoms with Crippen molar-refractivity contribution in [1.82, 2.24) is 4.90 Å². The second kappa shape index (κ2) is 4.83. The summed E-state index contributed by atoms with van der Waals surface area (Å²) in [5, 5.41) is 18.1. The fourth-order valence-electron chi connectivity index (χ4n) is 2.13. The molecule has 0 spiro atoms. The molecule has 19 heavy (non-hydrogen) atoms. The molecule has 1 saturated heterocycles. The molecule has 5 nitrogen and oxygen atoms in total. The van der Waals surface area contributed by atoms with Crippen LogP contribution in [0.1, 0.15) is 23.2 Å². The maximum Gasteiger partial charge on any atom is 0.326 e. The van der Waals surface area contributed by atoms with Crippen LogP contribution in [0.3, 0.4) is 0 Å². The summed E-state index contributed by atoms with van der Waals surface area (Å²) < 4.78 is 26.5. The normalized spacial score (nSPS) is 18.6. The first-order valence-electron chi connectivity index (χ1n) is 5.64. The predicted octanol–water partition coefficient (Wildman–Crippen LogP) is 1.36. The zero-order valence-electron chi connectivity index (χ0n) is 9.77. The maximum atomic E-state index is 13.6. The van der Waals surface area contributed by atoms with Crippen LogP contribution < -0.4 is 0 Å². The van der Waals surface area contributed by atoms with Crippen LogP contribution in [0.15, 0.2) is 12.1 Å². The Labute approximate surface area is 107 Å². The molecule has 2 rings (SSSR count). The van der Waals surface area contributed by atoms with Gasteiger partial charge >= 0.3 is 5.97 Å². The van der Waals surface area contributed by atoms with Gasteiger partial charge in [0.25, 0.3) is 5.91 Å². The van der Waals surface area contributed by atoms with Gasteiger partial charge in [-0.1, -0.05) is 0 Å². The number of aromatic hydroxyl groups is 1. The van der Waals surface area contributed by atoms with E-state index in [1.165, 1.54) is 0 Å². The topological polar surface area (TPSA) is 77.8 Å². The standard InChI is InChI=1S/C12H11F2NO4/c13-7-4-3-6(9(14)10(7)16)11(17)15-5-1-2-8(15)12(18)19/h3-4,8,16H,1-2,5H2,(H,18,19)/t8-/m1/s1. The van der Waals surface area contributed by atoms with E-state index in [1.54, 1.807) is 0 Å². The van der Waals surface area contributed by atoms with Crippen molar-refractivity contribution in [3.8, 4) is 5.75 Å². The summed E-state index contributed by atoms with van der Waals surface area (Å²) in [6.07, 6.45) is 0.785. The fourth-order valence-corrected chi connectivity index (χ4v) is 2.13. The smallest absolute Gasteiger partial charge is 0.326 e.